The Morgan fingerprint density at radius 1 is 1.41 bits per heavy atom. The van der Waals surface area contributed by atoms with E-state index in [0.29, 0.717) is 52.9 Å². The Labute approximate surface area is 172 Å². The summed E-state index contributed by atoms with van der Waals surface area (Å²) in [6.07, 6.45) is 4.53. The molecular weight excluding hydrogens is 398 g/mol. The number of nitrogens with one attached hydrogen (secondary N) is 3. The summed E-state index contributed by atoms with van der Waals surface area (Å²) in [6, 6.07) is 4.56. The number of benzene rings is 1. The molecule has 0 unspecified atom stereocenters. The highest BCUT2D eigenvalue weighted by Gasteiger charge is 2.19. The fraction of sp³-hybridized carbons (Fsp3) is 0.316. The van der Waals surface area contributed by atoms with Gasteiger partial charge in [0, 0.05) is 17.7 Å². The van der Waals surface area contributed by atoms with E-state index in [2.05, 4.69) is 20.6 Å². The van der Waals surface area contributed by atoms with Crippen molar-refractivity contribution >= 4 is 35.0 Å². The van der Waals surface area contributed by atoms with Crippen molar-refractivity contribution in [2.45, 2.75) is 25.3 Å². The standard InChI is InChI=1S/C19H22ClN5O4/c20-17-16-12-7-6-11(22-19(28)29-9-8-26)10-14(12)23-15(27)5-3-1-2-4-13(21)18(24-16)25-17/h1-2,6-7,10,13,26H,3-5,8-9,21H2,(H,22,28)(H,23,27)(H,24,25)/b2-1-/t13-/m0/s1. The van der Waals surface area contributed by atoms with Crippen LogP contribution in [0.25, 0.3) is 11.3 Å². The molecule has 1 aliphatic heterocycles. The third-order valence-electron chi connectivity index (χ3n) is 4.24. The number of anilines is 2. The quantitative estimate of drug-likeness (QED) is 0.484. The van der Waals surface area contributed by atoms with E-state index in [1.807, 2.05) is 12.2 Å². The first-order valence-corrected chi connectivity index (χ1v) is 9.50. The summed E-state index contributed by atoms with van der Waals surface area (Å²) in [6.45, 7) is -0.392. The van der Waals surface area contributed by atoms with Crippen LogP contribution in [0, 0.1) is 0 Å². The molecule has 2 bridgehead atoms. The molecule has 0 radical (unpaired) electrons. The average Bonchev–Trinajstić information content (AvgIpc) is 3.07. The van der Waals surface area contributed by atoms with Crippen molar-refractivity contribution in [1.82, 2.24) is 9.97 Å². The lowest BCUT2D eigenvalue weighted by atomic mass is 10.1. The van der Waals surface area contributed by atoms with Gasteiger partial charge in [-0.1, -0.05) is 23.8 Å². The Kier molecular flexibility index (Phi) is 6.86. The third kappa shape index (κ3) is 5.35. The number of allylic oxidation sites excluding steroid dienone is 1. The predicted molar refractivity (Wildman–Crippen MR) is 110 cm³/mol. The molecule has 2 heterocycles. The Bertz CT molecular complexity index is 927. The van der Waals surface area contributed by atoms with Crippen LogP contribution in [0.2, 0.25) is 5.15 Å². The second kappa shape index (κ2) is 9.55. The minimum absolute atomic E-state index is 0.118. The number of ether oxygens (including phenoxy) is 1. The maximum Gasteiger partial charge on any atom is 0.411 e. The predicted octanol–water partition coefficient (Wildman–Crippen LogP) is 2.95. The van der Waals surface area contributed by atoms with Gasteiger partial charge in [-0.15, -0.1) is 0 Å². The summed E-state index contributed by atoms with van der Waals surface area (Å²) in [5.74, 6) is 0.354. The zero-order valence-electron chi connectivity index (χ0n) is 15.6. The van der Waals surface area contributed by atoms with E-state index in [4.69, 9.17) is 27.2 Å². The maximum absolute atomic E-state index is 12.4. The largest absolute Gasteiger partial charge is 0.447 e. The second-order valence-corrected chi connectivity index (χ2v) is 6.81. The number of carbonyl (C=O) groups is 2. The molecule has 1 aromatic carbocycles. The number of fused-ring (bicyclic) bond motifs is 4. The van der Waals surface area contributed by atoms with Gasteiger partial charge in [-0.25, -0.2) is 9.78 Å². The van der Waals surface area contributed by atoms with Crippen LogP contribution in [0.3, 0.4) is 0 Å². The van der Waals surface area contributed by atoms with Gasteiger partial charge in [0.1, 0.15) is 23.3 Å². The van der Waals surface area contributed by atoms with Crippen molar-refractivity contribution in [2.75, 3.05) is 23.8 Å². The molecule has 29 heavy (non-hydrogen) atoms. The normalized spacial score (nSPS) is 17.8. The molecule has 0 aliphatic carbocycles. The second-order valence-electron chi connectivity index (χ2n) is 6.43. The molecule has 0 spiro atoms. The number of nitrogens with two attached hydrogens (primary N) is 1. The summed E-state index contributed by atoms with van der Waals surface area (Å²) in [5, 5.41) is 14.4. The number of halogens is 1. The van der Waals surface area contributed by atoms with Gasteiger partial charge in [0.05, 0.1) is 18.3 Å². The summed E-state index contributed by atoms with van der Waals surface area (Å²) >= 11 is 6.34. The molecule has 1 aliphatic rings. The summed E-state index contributed by atoms with van der Waals surface area (Å²) in [4.78, 5) is 31.6. The van der Waals surface area contributed by atoms with Crippen LogP contribution >= 0.6 is 11.6 Å². The Morgan fingerprint density at radius 2 is 2.24 bits per heavy atom. The fourth-order valence-corrected chi connectivity index (χ4v) is 3.09. The van der Waals surface area contributed by atoms with Gasteiger partial charge in [-0.05, 0) is 31.0 Å². The number of aromatic amines is 1. The van der Waals surface area contributed by atoms with E-state index in [1.54, 1.807) is 18.2 Å². The molecule has 6 N–H and O–H groups in total. The van der Waals surface area contributed by atoms with E-state index < -0.39 is 6.09 Å². The first kappa shape index (κ1) is 20.8. The topological polar surface area (TPSA) is 142 Å². The van der Waals surface area contributed by atoms with E-state index in [0.717, 1.165) is 0 Å². The van der Waals surface area contributed by atoms with Gasteiger partial charge in [-0.2, -0.15) is 0 Å². The smallest absolute Gasteiger partial charge is 0.411 e. The summed E-state index contributed by atoms with van der Waals surface area (Å²) in [5.41, 5.74) is 8.04. The number of aromatic nitrogens is 2. The molecule has 2 aromatic rings. The van der Waals surface area contributed by atoms with Gasteiger partial charge >= 0.3 is 6.09 Å². The molecular formula is C19H22ClN5O4. The fourth-order valence-electron chi connectivity index (χ4n) is 2.85. The maximum atomic E-state index is 12.4. The van der Waals surface area contributed by atoms with Crippen molar-refractivity contribution in [3.8, 4) is 11.3 Å². The number of carbonyl (C=O) groups excluding carboxylic acids is 2. The first-order chi connectivity index (χ1) is 14.0. The molecule has 154 valence electrons. The van der Waals surface area contributed by atoms with E-state index in [9.17, 15) is 9.59 Å². The molecule has 10 heteroatoms. The van der Waals surface area contributed by atoms with Gasteiger partial charge in [-0.3, -0.25) is 10.1 Å². The number of amides is 2. The SMILES string of the molecule is N[C@H]1C/C=C\CCC(=O)Nc2cc(NC(=O)OCCO)ccc2-c2nc1[nH]c2Cl. The highest BCUT2D eigenvalue weighted by molar-refractivity contribution is 6.32. The molecule has 1 atom stereocenters. The number of imidazole rings is 1. The van der Waals surface area contributed by atoms with Crippen LogP contribution in [0.5, 0.6) is 0 Å². The van der Waals surface area contributed by atoms with Crippen LogP contribution < -0.4 is 16.4 Å². The van der Waals surface area contributed by atoms with Gasteiger partial charge in [0.15, 0.2) is 0 Å². The number of rotatable bonds is 3. The Balaban J connectivity index is 1.98. The van der Waals surface area contributed by atoms with Crippen molar-refractivity contribution in [3.63, 3.8) is 0 Å². The minimum Gasteiger partial charge on any atom is -0.447 e. The van der Waals surface area contributed by atoms with Crippen LogP contribution in [-0.2, 0) is 9.53 Å². The zero-order valence-corrected chi connectivity index (χ0v) is 16.3. The highest BCUT2D eigenvalue weighted by atomic mass is 35.5. The van der Waals surface area contributed by atoms with E-state index in [-0.39, 0.29) is 25.2 Å². The van der Waals surface area contributed by atoms with Gasteiger partial charge < -0.3 is 25.9 Å². The van der Waals surface area contributed by atoms with Crippen LogP contribution in [0.15, 0.2) is 30.4 Å². The van der Waals surface area contributed by atoms with E-state index in [1.165, 1.54) is 0 Å². The minimum atomic E-state index is -0.717. The van der Waals surface area contributed by atoms with Crippen molar-refractivity contribution in [3.05, 3.63) is 41.3 Å². The number of aliphatic hydroxyl groups is 1. The molecule has 0 saturated heterocycles. The number of nitrogens with zero attached hydrogens (tertiary/aromatic N) is 1. The average molecular weight is 420 g/mol. The zero-order chi connectivity index (χ0) is 20.8. The summed E-state index contributed by atoms with van der Waals surface area (Å²) in [7, 11) is 0. The van der Waals surface area contributed by atoms with Gasteiger partial charge in [0.25, 0.3) is 0 Å². The van der Waals surface area contributed by atoms with E-state index >= 15 is 0 Å². The summed E-state index contributed by atoms with van der Waals surface area (Å²) < 4.78 is 4.79. The Morgan fingerprint density at radius 3 is 3.03 bits per heavy atom. The monoisotopic (exact) mass is 419 g/mol. The lowest BCUT2D eigenvalue weighted by Gasteiger charge is -2.13. The highest BCUT2D eigenvalue weighted by Crippen LogP contribution is 2.35. The third-order valence-corrected chi connectivity index (χ3v) is 4.52. The lowest BCUT2D eigenvalue weighted by Crippen LogP contribution is -2.16. The molecule has 0 saturated carbocycles. The number of hydrogen-bond acceptors (Lipinski definition) is 6. The van der Waals surface area contributed by atoms with Crippen LogP contribution in [0.1, 0.15) is 31.1 Å². The molecule has 0 fully saturated rings. The van der Waals surface area contributed by atoms with Crippen LogP contribution in [-0.4, -0.2) is 40.3 Å². The molecule has 9 nitrogen and oxygen atoms in total. The number of hydrogen-bond donors (Lipinski definition) is 5. The molecule has 1 aromatic heterocycles. The molecule has 3 rings (SSSR count). The van der Waals surface area contributed by atoms with Crippen molar-refractivity contribution in [1.29, 1.82) is 0 Å². The van der Waals surface area contributed by atoms with Crippen molar-refractivity contribution < 1.29 is 19.4 Å². The van der Waals surface area contributed by atoms with Crippen LogP contribution in [0.4, 0.5) is 16.2 Å². The van der Waals surface area contributed by atoms with Crippen molar-refractivity contribution in [2.24, 2.45) is 5.73 Å². The Hall–Kier alpha value is -2.88. The first-order valence-electron chi connectivity index (χ1n) is 9.13. The number of aliphatic hydroxyl groups excluding tert-OH is 1. The number of H-pyrrole nitrogens is 1. The lowest BCUT2D eigenvalue weighted by molar-refractivity contribution is -0.116. The molecule has 2 amide bonds. The van der Waals surface area contributed by atoms with Gasteiger partial charge in [0.2, 0.25) is 5.91 Å².